The fourth-order valence-electron chi connectivity index (χ4n) is 2.97. The van der Waals surface area contributed by atoms with Crippen LogP contribution in [0.3, 0.4) is 0 Å². The summed E-state index contributed by atoms with van der Waals surface area (Å²) in [5.41, 5.74) is 0. The van der Waals surface area contributed by atoms with Gasteiger partial charge in [-0.05, 0) is 37.3 Å². The van der Waals surface area contributed by atoms with Crippen LogP contribution in [-0.4, -0.2) is 29.8 Å². The van der Waals surface area contributed by atoms with Gasteiger partial charge in [-0.3, -0.25) is 9.59 Å². The Morgan fingerprint density at radius 1 is 1.35 bits per heavy atom. The van der Waals surface area contributed by atoms with Crippen LogP contribution < -0.4 is 5.32 Å². The van der Waals surface area contributed by atoms with E-state index < -0.39 is 0 Å². The highest BCUT2D eigenvalue weighted by atomic mass is 16.3. The third-order valence-electron chi connectivity index (χ3n) is 4.33. The zero-order valence-electron chi connectivity index (χ0n) is 14.2. The summed E-state index contributed by atoms with van der Waals surface area (Å²) in [6.45, 7) is 4.98. The highest BCUT2D eigenvalue weighted by Crippen LogP contribution is 2.30. The Morgan fingerprint density at radius 3 is 2.87 bits per heavy atom. The second kappa shape index (κ2) is 8.75. The fourth-order valence-corrected chi connectivity index (χ4v) is 2.97. The van der Waals surface area contributed by atoms with Gasteiger partial charge in [0.05, 0.1) is 18.8 Å². The molecule has 1 saturated heterocycles. The second-order valence-corrected chi connectivity index (χ2v) is 6.68. The molecule has 5 heteroatoms. The molecule has 0 aromatic carbocycles. The number of amides is 2. The first-order valence-electron chi connectivity index (χ1n) is 8.67. The van der Waals surface area contributed by atoms with Crippen LogP contribution in [0.15, 0.2) is 22.8 Å². The van der Waals surface area contributed by atoms with Crippen molar-refractivity contribution in [3.05, 3.63) is 24.2 Å². The third-order valence-corrected chi connectivity index (χ3v) is 4.33. The Hall–Kier alpha value is -1.78. The van der Waals surface area contributed by atoms with Gasteiger partial charge in [-0.2, -0.15) is 0 Å². The molecule has 1 fully saturated rings. The first-order valence-corrected chi connectivity index (χ1v) is 8.67. The predicted molar refractivity (Wildman–Crippen MR) is 88.7 cm³/mol. The lowest BCUT2D eigenvalue weighted by molar-refractivity contribution is -0.135. The van der Waals surface area contributed by atoms with E-state index in [1.54, 1.807) is 6.26 Å². The van der Waals surface area contributed by atoms with Crippen molar-refractivity contribution in [1.82, 2.24) is 10.2 Å². The number of likely N-dealkylation sites (tertiary alicyclic amines) is 1. The zero-order valence-corrected chi connectivity index (χ0v) is 14.2. The molecule has 1 N–H and O–H groups in total. The molecular weight excluding hydrogens is 292 g/mol. The van der Waals surface area contributed by atoms with Crippen LogP contribution in [0.2, 0.25) is 0 Å². The van der Waals surface area contributed by atoms with E-state index in [4.69, 9.17) is 4.42 Å². The molecule has 0 radical (unpaired) electrons. The maximum Gasteiger partial charge on any atom is 0.242 e. The van der Waals surface area contributed by atoms with E-state index in [1.165, 1.54) is 0 Å². The van der Waals surface area contributed by atoms with E-state index in [1.807, 2.05) is 17.0 Å². The van der Waals surface area contributed by atoms with Crippen molar-refractivity contribution in [2.45, 2.75) is 58.4 Å². The number of carbonyl (C=O) groups is 2. The molecule has 1 aromatic rings. The van der Waals surface area contributed by atoms with Gasteiger partial charge in [0.25, 0.3) is 0 Å². The summed E-state index contributed by atoms with van der Waals surface area (Å²) in [6.07, 6.45) is 7.12. The van der Waals surface area contributed by atoms with Crippen LogP contribution in [0.5, 0.6) is 0 Å². The number of furan rings is 1. The normalized spacial score (nSPS) is 18.7. The summed E-state index contributed by atoms with van der Waals surface area (Å²) in [5, 5.41) is 2.76. The van der Waals surface area contributed by atoms with E-state index >= 15 is 0 Å². The minimum absolute atomic E-state index is 0.00688. The van der Waals surface area contributed by atoms with Crippen molar-refractivity contribution in [3.63, 3.8) is 0 Å². The summed E-state index contributed by atoms with van der Waals surface area (Å²) in [7, 11) is 0. The topological polar surface area (TPSA) is 62.6 Å². The Labute approximate surface area is 138 Å². The van der Waals surface area contributed by atoms with Gasteiger partial charge in [0, 0.05) is 13.0 Å². The molecule has 0 bridgehead atoms. The molecule has 1 aliphatic rings. The van der Waals surface area contributed by atoms with Crippen LogP contribution in [-0.2, 0) is 9.59 Å². The van der Waals surface area contributed by atoms with Gasteiger partial charge in [0.1, 0.15) is 5.76 Å². The van der Waals surface area contributed by atoms with E-state index in [0.717, 1.165) is 44.4 Å². The molecule has 2 amide bonds. The largest absolute Gasteiger partial charge is 0.467 e. The maximum absolute atomic E-state index is 12.6. The van der Waals surface area contributed by atoms with E-state index in [9.17, 15) is 9.59 Å². The molecule has 0 aliphatic carbocycles. The van der Waals surface area contributed by atoms with Crippen LogP contribution in [0, 0.1) is 5.92 Å². The lowest BCUT2D eigenvalue weighted by atomic mass is 10.1. The summed E-state index contributed by atoms with van der Waals surface area (Å²) in [6, 6.07) is 3.78. The average Bonchev–Trinajstić information content (AvgIpc) is 2.95. The van der Waals surface area contributed by atoms with Crippen LogP contribution in [0.25, 0.3) is 0 Å². The van der Waals surface area contributed by atoms with Gasteiger partial charge < -0.3 is 14.6 Å². The van der Waals surface area contributed by atoms with Crippen molar-refractivity contribution in [3.8, 4) is 0 Å². The van der Waals surface area contributed by atoms with Crippen molar-refractivity contribution in [2.24, 2.45) is 5.92 Å². The quantitative estimate of drug-likeness (QED) is 0.875. The molecule has 0 spiro atoms. The molecule has 1 atom stereocenters. The Kier molecular flexibility index (Phi) is 6.68. The van der Waals surface area contributed by atoms with Crippen LogP contribution in [0.1, 0.15) is 64.2 Å². The van der Waals surface area contributed by atoms with Crippen molar-refractivity contribution < 1.29 is 14.0 Å². The highest BCUT2D eigenvalue weighted by Gasteiger charge is 2.28. The Balaban J connectivity index is 1.91. The molecular formula is C18H28N2O3. The number of carbonyl (C=O) groups excluding carboxylic acids is 2. The third kappa shape index (κ3) is 5.41. The van der Waals surface area contributed by atoms with Gasteiger partial charge in [0.15, 0.2) is 0 Å². The number of nitrogens with one attached hydrogen (secondary N) is 1. The molecule has 5 nitrogen and oxygen atoms in total. The fraction of sp³-hybridized carbons (Fsp3) is 0.667. The second-order valence-electron chi connectivity index (χ2n) is 6.68. The van der Waals surface area contributed by atoms with Crippen molar-refractivity contribution >= 4 is 11.8 Å². The average molecular weight is 320 g/mol. The van der Waals surface area contributed by atoms with Gasteiger partial charge in [-0.15, -0.1) is 0 Å². The van der Waals surface area contributed by atoms with Crippen LogP contribution in [0.4, 0.5) is 0 Å². The van der Waals surface area contributed by atoms with Crippen LogP contribution >= 0.6 is 0 Å². The molecule has 2 rings (SSSR count). The van der Waals surface area contributed by atoms with E-state index in [2.05, 4.69) is 19.2 Å². The molecule has 1 aromatic heterocycles. The summed E-state index contributed by atoms with van der Waals surface area (Å²) in [5.74, 6) is 1.26. The molecule has 1 aliphatic heterocycles. The lowest BCUT2D eigenvalue weighted by Crippen LogP contribution is -2.42. The first-order chi connectivity index (χ1) is 11.1. The number of nitrogens with zero attached hydrogens (tertiary/aromatic N) is 1. The molecule has 0 saturated carbocycles. The summed E-state index contributed by atoms with van der Waals surface area (Å²) < 4.78 is 5.52. The predicted octanol–water partition coefficient (Wildman–Crippen LogP) is 3.28. The SMILES string of the molecule is CC(C)CCC(=O)NCC(=O)N1CCCCC[C@H]1c1ccco1. The van der Waals surface area contributed by atoms with Crippen molar-refractivity contribution in [2.75, 3.05) is 13.1 Å². The van der Waals surface area contributed by atoms with Gasteiger partial charge in [-0.1, -0.05) is 26.7 Å². The van der Waals surface area contributed by atoms with E-state index in [0.29, 0.717) is 12.3 Å². The summed E-state index contributed by atoms with van der Waals surface area (Å²) in [4.78, 5) is 26.3. The minimum atomic E-state index is -0.0450. The summed E-state index contributed by atoms with van der Waals surface area (Å²) >= 11 is 0. The van der Waals surface area contributed by atoms with Gasteiger partial charge >= 0.3 is 0 Å². The Morgan fingerprint density at radius 2 is 2.17 bits per heavy atom. The highest BCUT2D eigenvalue weighted by molar-refractivity contribution is 5.85. The molecule has 128 valence electrons. The standard InChI is InChI=1S/C18H28N2O3/c1-14(2)9-10-17(21)19-13-18(22)20-11-5-3-4-7-15(20)16-8-6-12-23-16/h6,8,12,14-15H,3-5,7,9-11,13H2,1-2H3,(H,19,21)/t15-/m0/s1. The molecule has 0 unspecified atom stereocenters. The maximum atomic E-state index is 12.6. The number of rotatable bonds is 6. The lowest BCUT2D eigenvalue weighted by Gasteiger charge is -2.28. The van der Waals surface area contributed by atoms with Crippen molar-refractivity contribution in [1.29, 1.82) is 0 Å². The monoisotopic (exact) mass is 320 g/mol. The first kappa shape index (κ1) is 17.6. The van der Waals surface area contributed by atoms with E-state index in [-0.39, 0.29) is 24.4 Å². The molecule has 23 heavy (non-hydrogen) atoms. The van der Waals surface area contributed by atoms with Gasteiger partial charge in [0.2, 0.25) is 11.8 Å². The number of hydrogen-bond donors (Lipinski definition) is 1. The Bertz CT molecular complexity index is 496. The minimum Gasteiger partial charge on any atom is -0.467 e. The number of hydrogen-bond acceptors (Lipinski definition) is 3. The zero-order chi connectivity index (χ0) is 16.7. The smallest absolute Gasteiger partial charge is 0.242 e. The molecule has 2 heterocycles. The van der Waals surface area contributed by atoms with Gasteiger partial charge in [-0.25, -0.2) is 0 Å².